The molecule has 0 amide bonds. The van der Waals surface area contributed by atoms with E-state index in [2.05, 4.69) is 41.5 Å². The third kappa shape index (κ3) is 9.68. The van der Waals surface area contributed by atoms with Crippen LogP contribution in [-0.4, -0.2) is 0 Å². The maximum Gasteiger partial charge on any atom is -0.0440 e. The number of hydrogen-bond acceptors (Lipinski definition) is 0. The molecule has 0 radical (unpaired) electrons. The van der Waals surface area contributed by atoms with Crippen molar-refractivity contribution in [3.63, 3.8) is 0 Å². The molecule has 0 aromatic carbocycles. The van der Waals surface area contributed by atoms with Gasteiger partial charge in [0, 0.05) is 0 Å². The minimum Gasteiger partial charge on any atom is -0.0651 e. The normalized spacial score (nSPS) is 18.7. The summed E-state index contributed by atoms with van der Waals surface area (Å²) in [5.41, 5.74) is 0. The molecule has 17 heavy (non-hydrogen) atoms. The first-order valence-electron chi connectivity index (χ1n) is 7.99. The van der Waals surface area contributed by atoms with Crippen LogP contribution in [0, 0.1) is 23.7 Å². The SMILES string of the molecule is CCC(C)CCC(C)CCC(C)CC(C)CC. The van der Waals surface area contributed by atoms with Gasteiger partial charge in [-0.1, -0.05) is 80.1 Å². The fraction of sp³-hybridized carbons (Fsp3) is 1.00. The Morgan fingerprint density at radius 3 is 1.41 bits per heavy atom. The predicted molar refractivity (Wildman–Crippen MR) is 80.3 cm³/mol. The summed E-state index contributed by atoms with van der Waals surface area (Å²) in [7, 11) is 0. The van der Waals surface area contributed by atoms with Crippen LogP contribution in [0.3, 0.4) is 0 Å². The van der Waals surface area contributed by atoms with Crippen LogP contribution in [0.5, 0.6) is 0 Å². The Labute approximate surface area is 111 Å². The molecule has 0 spiro atoms. The van der Waals surface area contributed by atoms with E-state index in [0.717, 1.165) is 23.7 Å². The second-order valence-corrected chi connectivity index (χ2v) is 6.63. The topological polar surface area (TPSA) is 0 Å². The molecular weight excluding hydrogens is 204 g/mol. The highest BCUT2D eigenvalue weighted by Gasteiger charge is 2.10. The van der Waals surface area contributed by atoms with Crippen molar-refractivity contribution in [2.24, 2.45) is 23.7 Å². The van der Waals surface area contributed by atoms with Crippen LogP contribution < -0.4 is 0 Å². The third-order valence-corrected chi connectivity index (χ3v) is 4.50. The van der Waals surface area contributed by atoms with Crippen LogP contribution in [0.2, 0.25) is 0 Å². The van der Waals surface area contributed by atoms with Crippen molar-refractivity contribution < 1.29 is 0 Å². The molecule has 0 bridgehead atoms. The van der Waals surface area contributed by atoms with E-state index in [1.165, 1.54) is 44.9 Å². The van der Waals surface area contributed by atoms with Gasteiger partial charge in [0.25, 0.3) is 0 Å². The van der Waals surface area contributed by atoms with E-state index in [-0.39, 0.29) is 0 Å². The molecule has 0 aliphatic carbocycles. The Hall–Kier alpha value is 0. The fourth-order valence-corrected chi connectivity index (χ4v) is 2.46. The highest BCUT2D eigenvalue weighted by atomic mass is 14.2. The summed E-state index contributed by atoms with van der Waals surface area (Å²) in [6.07, 6.45) is 9.85. The summed E-state index contributed by atoms with van der Waals surface area (Å²) < 4.78 is 0. The van der Waals surface area contributed by atoms with E-state index in [1.54, 1.807) is 0 Å². The highest BCUT2D eigenvalue weighted by Crippen LogP contribution is 2.24. The zero-order valence-corrected chi connectivity index (χ0v) is 13.3. The van der Waals surface area contributed by atoms with Gasteiger partial charge in [0.1, 0.15) is 0 Å². The molecule has 0 fully saturated rings. The minimum absolute atomic E-state index is 0.917. The molecule has 0 aromatic heterocycles. The fourth-order valence-electron chi connectivity index (χ4n) is 2.46. The van der Waals surface area contributed by atoms with Crippen molar-refractivity contribution in [3.8, 4) is 0 Å². The summed E-state index contributed by atoms with van der Waals surface area (Å²) in [6.45, 7) is 14.3. The van der Waals surface area contributed by atoms with Crippen LogP contribution in [0.1, 0.15) is 86.5 Å². The average molecular weight is 240 g/mol. The Morgan fingerprint density at radius 1 is 0.529 bits per heavy atom. The smallest absolute Gasteiger partial charge is 0.0440 e. The van der Waals surface area contributed by atoms with Crippen molar-refractivity contribution >= 4 is 0 Å². The van der Waals surface area contributed by atoms with Gasteiger partial charge in [-0.05, 0) is 30.1 Å². The van der Waals surface area contributed by atoms with Gasteiger partial charge in [-0.2, -0.15) is 0 Å². The van der Waals surface area contributed by atoms with E-state index in [1.807, 2.05) is 0 Å². The maximum absolute atomic E-state index is 2.44. The quantitative estimate of drug-likeness (QED) is 0.420. The second kappa shape index (κ2) is 9.97. The lowest BCUT2D eigenvalue weighted by atomic mass is 9.87. The highest BCUT2D eigenvalue weighted by molar-refractivity contribution is 4.63. The molecule has 0 aromatic rings. The van der Waals surface area contributed by atoms with Crippen molar-refractivity contribution in [3.05, 3.63) is 0 Å². The minimum atomic E-state index is 0.917. The standard InChI is InChI=1S/C17H36/c1-7-14(3)9-10-16(5)11-12-17(6)13-15(4)8-2/h14-17H,7-13H2,1-6H3. The van der Waals surface area contributed by atoms with E-state index < -0.39 is 0 Å². The first-order chi connectivity index (χ1) is 7.99. The first-order valence-corrected chi connectivity index (χ1v) is 7.99. The van der Waals surface area contributed by atoms with Gasteiger partial charge in [-0.15, -0.1) is 0 Å². The molecule has 0 heterocycles. The van der Waals surface area contributed by atoms with E-state index in [9.17, 15) is 0 Å². The molecular formula is C17H36. The summed E-state index contributed by atoms with van der Waals surface area (Å²) in [5, 5.41) is 0. The van der Waals surface area contributed by atoms with Gasteiger partial charge in [-0.25, -0.2) is 0 Å². The van der Waals surface area contributed by atoms with E-state index in [0.29, 0.717) is 0 Å². The molecule has 0 heteroatoms. The Balaban J connectivity index is 3.58. The lowest BCUT2D eigenvalue weighted by Crippen LogP contribution is -2.06. The lowest BCUT2D eigenvalue weighted by molar-refractivity contribution is 0.335. The van der Waals surface area contributed by atoms with Crippen molar-refractivity contribution in [1.82, 2.24) is 0 Å². The summed E-state index contributed by atoms with van der Waals surface area (Å²) in [4.78, 5) is 0. The summed E-state index contributed by atoms with van der Waals surface area (Å²) in [6, 6.07) is 0. The molecule has 0 nitrogen and oxygen atoms in total. The molecule has 0 rings (SSSR count). The molecule has 4 atom stereocenters. The van der Waals surface area contributed by atoms with Gasteiger partial charge >= 0.3 is 0 Å². The van der Waals surface area contributed by atoms with Gasteiger partial charge in [0.15, 0.2) is 0 Å². The average Bonchev–Trinajstić information content (AvgIpc) is 2.32. The molecule has 4 unspecified atom stereocenters. The molecule has 0 saturated carbocycles. The Kier molecular flexibility index (Phi) is 9.97. The van der Waals surface area contributed by atoms with Crippen LogP contribution in [0.25, 0.3) is 0 Å². The first kappa shape index (κ1) is 17.0. The zero-order chi connectivity index (χ0) is 13.3. The predicted octanol–water partition coefficient (Wildman–Crippen LogP) is 6.30. The van der Waals surface area contributed by atoms with Crippen molar-refractivity contribution in [1.29, 1.82) is 0 Å². The van der Waals surface area contributed by atoms with Gasteiger partial charge in [0.05, 0.1) is 0 Å². The Bertz CT molecular complexity index is 161. The lowest BCUT2D eigenvalue weighted by Gasteiger charge is -2.19. The zero-order valence-electron chi connectivity index (χ0n) is 13.3. The molecule has 0 aliphatic heterocycles. The van der Waals surface area contributed by atoms with Gasteiger partial charge < -0.3 is 0 Å². The monoisotopic (exact) mass is 240 g/mol. The second-order valence-electron chi connectivity index (χ2n) is 6.63. The van der Waals surface area contributed by atoms with Crippen molar-refractivity contribution in [2.45, 2.75) is 86.5 Å². The largest absolute Gasteiger partial charge is 0.0651 e. The van der Waals surface area contributed by atoms with E-state index in [4.69, 9.17) is 0 Å². The number of hydrogen-bond donors (Lipinski definition) is 0. The van der Waals surface area contributed by atoms with Crippen LogP contribution in [0.4, 0.5) is 0 Å². The molecule has 0 saturated heterocycles. The maximum atomic E-state index is 2.44. The van der Waals surface area contributed by atoms with Crippen LogP contribution in [0.15, 0.2) is 0 Å². The molecule has 104 valence electrons. The van der Waals surface area contributed by atoms with Gasteiger partial charge in [-0.3, -0.25) is 0 Å². The summed E-state index contributed by atoms with van der Waals surface area (Å²) in [5.74, 6) is 3.70. The number of rotatable bonds is 10. The third-order valence-electron chi connectivity index (χ3n) is 4.50. The molecule has 0 aliphatic rings. The van der Waals surface area contributed by atoms with Crippen LogP contribution >= 0.6 is 0 Å². The van der Waals surface area contributed by atoms with Crippen LogP contribution in [-0.2, 0) is 0 Å². The Morgan fingerprint density at radius 2 is 0.941 bits per heavy atom. The van der Waals surface area contributed by atoms with Crippen molar-refractivity contribution in [2.75, 3.05) is 0 Å². The summed E-state index contributed by atoms with van der Waals surface area (Å²) >= 11 is 0. The van der Waals surface area contributed by atoms with E-state index >= 15 is 0 Å². The van der Waals surface area contributed by atoms with Gasteiger partial charge in [0.2, 0.25) is 0 Å². The molecule has 0 N–H and O–H groups in total.